The van der Waals surface area contributed by atoms with Gasteiger partial charge in [0.2, 0.25) is 5.91 Å². The normalized spacial score (nSPS) is 16.6. The lowest BCUT2D eigenvalue weighted by Crippen LogP contribution is -2.38. The van der Waals surface area contributed by atoms with Gasteiger partial charge in [-0.1, -0.05) is 11.6 Å². The number of nitrogens with zero attached hydrogens (tertiary/aromatic N) is 1. The van der Waals surface area contributed by atoms with Crippen molar-refractivity contribution in [2.45, 2.75) is 31.8 Å². The summed E-state index contributed by atoms with van der Waals surface area (Å²) in [5.41, 5.74) is 0. The van der Waals surface area contributed by atoms with E-state index in [1.54, 1.807) is 25.3 Å². The molecule has 2 N–H and O–H groups in total. The number of carbonyl (C=O) groups is 1. The Morgan fingerprint density at radius 3 is 3.00 bits per heavy atom. The summed E-state index contributed by atoms with van der Waals surface area (Å²) >= 11 is 5.93. The lowest BCUT2D eigenvalue weighted by atomic mass is 10.3. The van der Waals surface area contributed by atoms with Crippen molar-refractivity contribution in [2.75, 3.05) is 5.32 Å². The third-order valence-corrected chi connectivity index (χ3v) is 2.73. The van der Waals surface area contributed by atoms with Crippen molar-refractivity contribution in [2.24, 2.45) is 0 Å². The molecule has 1 fully saturated rings. The first-order valence-electron chi connectivity index (χ1n) is 5.34. The van der Waals surface area contributed by atoms with Gasteiger partial charge in [-0.15, -0.1) is 0 Å². The van der Waals surface area contributed by atoms with Crippen LogP contribution >= 0.6 is 11.6 Å². The summed E-state index contributed by atoms with van der Waals surface area (Å²) in [6, 6.07) is 3.54. The van der Waals surface area contributed by atoms with Gasteiger partial charge in [-0.25, -0.2) is 4.98 Å². The lowest BCUT2D eigenvalue weighted by molar-refractivity contribution is -0.121. The van der Waals surface area contributed by atoms with E-state index in [2.05, 4.69) is 15.6 Å². The van der Waals surface area contributed by atoms with Crippen LogP contribution in [0, 0.1) is 0 Å². The van der Waals surface area contributed by atoms with E-state index in [-0.39, 0.29) is 11.9 Å². The quantitative estimate of drug-likeness (QED) is 0.843. The van der Waals surface area contributed by atoms with Crippen LogP contribution in [0.2, 0.25) is 5.02 Å². The molecule has 4 nitrogen and oxygen atoms in total. The van der Waals surface area contributed by atoms with Crippen LogP contribution in [0.15, 0.2) is 18.3 Å². The van der Waals surface area contributed by atoms with E-state index in [1.165, 1.54) is 0 Å². The van der Waals surface area contributed by atoms with Crippen LogP contribution in [0.25, 0.3) is 0 Å². The largest absolute Gasteiger partial charge is 0.357 e. The Balaban J connectivity index is 1.92. The van der Waals surface area contributed by atoms with Gasteiger partial charge in [0.05, 0.1) is 5.02 Å². The molecular formula is C11H14ClN3O. The second kappa shape index (κ2) is 4.70. The van der Waals surface area contributed by atoms with Gasteiger partial charge in [0.15, 0.2) is 0 Å². The summed E-state index contributed by atoms with van der Waals surface area (Å²) in [4.78, 5) is 15.7. The summed E-state index contributed by atoms with van der Waals surface area (Å²) < 4.78 is 0. The van der Waals surface area contributed by atoms with E-state index in [1.807, 2.05) is 0 Å². The van der Waals surface area contributed by atoms with Crippen LogP contribution in [0.1, 0.15) is 19.8 Å². The minimum absolute atomic E-state index is 0.00998. The Bertz CT molecular complexity index is 393. The molecule has 1 heterocycles. The maximum Gasteiger partial charge on any atom is 0.242 e. The molecular weight excluding hydrogens is 226 g/mol. The molecule has 1 aliphatic carbocycles. The van der Waals surface area contributed by atoms with Gasteiger partial charge in [0, 0.05) is 12.2 Å². The van der Waals surface area contributed by atoms with Crippen molar-refractivity contribution < 1.29 is 4.79 Å². The van der Waals surface area contributed by atoms with Gasteiger partial charge in [0.25, 0.3) is 0 Å². The predicted octanol–water partition coefficient (Wildman–Crippen LogP) is 1.81. The fourth-order valence-corrected chi connectivity index (χ4v) is 1.49. The zero-order valence-corrected chi connectivity index (χ0v) is 9.79. The average molecular weight is 240 g/mol. The highest BCUT2D eigenvalue weighted by Crippen LogP contribution is 2.20. The molecule has 5 heteroatoms. The van der Waals surface area contributed by atoms with Crippen LogP contribution in [-0.4, -0.2) is 23.0 Å². The zero-order chi connectivity index (χ0) is 11.5. The minimum Gasteiger partial charge on any atom is -0.357 e. The summed E-state index contributed by atoms with van der Waals surface area (Å²) in [5, 5.41) is 6.43. The zero-order valence-electron chi connectivity index (χ0n) is 9.03. The van der Waals surface area contributed by atoms with E-state index >= 15 is 0 Å². The number of aromatic nitrogens is 1. The second-order valence-corrected chi connectivity index (χ2v) is 4.39. The molecule has 1 aliphatic rings. The maximum absolute atomic E-state index is 11.7. The van der Waals surface area contributed by atoms with Gasteiger partial charge >= 0.3 is 0 Å². The minimum atomic E-state index is -0.326. The van der Waals surface area contributed by atoms with Gasteiger partial charge in [0.1, 0.15) is 11.9 Å². The van der Waals surface area contributed by atoms with Crippen molar-refractivity contribution in [3.8, 4) is 0 Å². The molecule has 0 aliphatic heterocycles. The summed E-state index contributed by atoms with van der Waals surface area (Å²) in [6.07, 6.45) is 3.81. The highest BCUT2D eigenvalue weighted by atomic mass is 35.5. The molecule has 0 aromatic carbocycles. The van der Waals surface area contributed by atoms with E-state index in [9.17, 15) is 4.79 Å². The molecule has 1 atom stereocenters. The first kappa shape index (κ1) is 11.2. The summed E-state index contributed by atoms with van der Waals surface area (Å²) in [5.74, 6) is 0.534. The molecule has 1 aromatic rings. The van der Waals surface area contributed by atoms with E-state index in [4.69, 9.17) is 11.6 Å². The maximum atomic E-state index is 11.7. The third-order valence-electron chi connectivity index (χ3n) is 2.43. The van der Waals surface area contributed by atoms with Gasteiger partial charge in [-0.2, -0.15) is 0 Å². The van der Waals surface area contributed by atoms with Crippen LogP contribution in [0.4, 0.5) is 5.82 Å². The van der Waals surface area contributed by atoms with Gasteiger partial charge < -0.3 is 10.6 Å². The number of hydrogen-bond donors (Lipinski definition) is 2. The number of pyridine rings is 1. The highest BCUT2D eigenvalue weighted by molar-refractivity contribution is 6.32. The first-order chi connectivity index (χ1) is 7.66. The fraction of sp³-hybridized carbons (Fsp3) is 0.455. The van der Waals surface area contributed by atoms with Crippen LogP contribution in [0.3, 0.4) is 0 Å². The predicted molar refractivity (Wildman–Crippen MR) is 63.5 cm³/mol. The van der Waals surface area contributed by atoms with Crippen molar-refractivity contribution >= 4 is 23.3 Å². The number of carbonyl (C=O) groups excluding carboxylic acids is 1. The number of rotatable bonds is 4. The lowest BCUT2D eigenvalue weighted by Gasteiger charge is -2.14. The molecule has 86 valence electrons. The van der Waals surface area contributed by atoms with Crippen LogP contribution in [-0.2, 0) is 4.79 Å². The molecule has 16 heavy (non-hydrogen) atoms. The molecule has 1 unspecified atom stereocenters. The topological polar surface area (TPSA) is 54.0 Å². The molecule has 0 bridgehead atoms. The first-order valence-corrected chi connectivity index (χ1v) is 5.72. The smallest absolute Gasteiger partial charge is 0.242 e. The summed E-state index contributed by atoms with van der Waals surface area (Å²) in [6.45, 7) is 1.79. The van der Waals surface area contributed by atoms with Gasteiger partial charge in [-0.3, -0.25) is 4.79 Å². The molecule has 0 spiro atoms. The molecule has 0 saturated heterocycles. The SMILES string of the molecule is CC(Nc1ncccc1Cl)C(=O)NC1CC1. The van der Waals surface area contributed by atoms with Crippen molar-refractivity contribution in [3.63, 3.8) is 0 Å². The van der Waals surface area contributed by atoms with E-state index < -0.39 is 0 Å². The monoisotopic (exact) mass is 239 g/mol. The third kappa shape index (κ3) is 2.85. The Kier molecular flexibility index (Phi) is 3.29. The molecule has 0 radical (unpaired) electrons. The fourth-order valence-electron chi connectivity index (χ4n) is 1.32. The molecule has 2 rings (SSSR count). The molecule has 1 saturated carbocycles. The Morgan fingerprint density at radius 2 is 2.38 bits per heavy atom. The number of anilines is 1. The standard InChI is InChI=1S/C11H14ClN3O/c1-7(11(16)15-8-4-5-8)14-10-9(12)3-2-6-13-10/h2-3,6-8H,4-5H2,1H3,(H,13,14)(H,15,16). The molecule has 1 aromatic heterocycles. The number of hydrogen-bond acceptors (Lipinski definition) is 3. The Morgan fingerprint density at radius 1 is 1.62 bits per heavy atom. The van der Waals surface area contributed by atoms with Crippen molar-refractivity contribution in [1.82, 2.24) is 10.3 Å². The van der Waals surface area contributed by atoms with E-state index in [0.29, 0.717) is 16.9 Å². The van der Waals surface area contributed by atoms with E-state index in [0.717, 1.165) is 12.8 Å². The Labute approximate surface area is 99.4 Å². The summed E-state index contributed by atoms with van der Waals surface area (Å²) in [7, 11) is 0. The Hall–Kier alpha value is -1.29. The highest BCUT2D eigenvalue weighted by Gasteiger charge is 2.25. The van der Waals surface area contributed by atoms with Crippen molar-refractivity contribution in [1.29, 1.82) is 0 Å². The van der Waals surface area contributed by atoms with Crippen LogP contribution < -0.4 is 10.6 Å². The number of amides is 1. The number of halogens is 1. The number of nitrogens with one attached hydrogen (secondary N) is 2. The average Bonchev–Trinajstić information content (AvgIpc) is 3.05. The second-order valence-electron chi connectivity index (χ2n) is 3.98. The van der Waals surface area contributed by atoms with Gasteiger partial charge in [-0.05, 0) is 31.9 Å². The van der Waals surface area contributed by atoms with Crippen LogP contribution in [0.5, 0.6) is 0 Å². The van der Waals surface area contributed by atoms with Crippen molar-refractivity contribution in [3.05, 3.63) is 23.4 Å². The molecule has 1 amide bonds.